The van der Waals surface area contributed by atoms with E-state index in [0.29, 0.717) is 18.8 Å². The van der Waals surface area contributed by atoms with Gasteiger partial charge in [0.1, 0.15) is 17.6 Å². The highest BCUT2D eigenvalue weighted by atomic mass is 16.5. The van der Waals surface area contributed by atoms with E-state index in [2.05, 4.69) is 12.2 Å². The zero-order valence-electron chi connectivity index (χ0n) is 13.1. The van der Waals surface area contributed by atoms with Crippen LogP contribution in [0.25, 0.3) is 0 Å². The first-order valence-electron chi connectivity index (χ1n) is 7.76. The Bertz CT molecular complexity index is 670. The van der Waals surface area contributed by atoms with Gasteiger partial charge in [0.2, 0.25) is 5.91 Å². The number of amides is 1. The van der Waals surface area contributed by atoms with Crippen molar-refractivity contribution in [1.29, 1.82) is 0 Å². The number of hydrogen-bond acceptors (Lipinski definition) is 5. The molecule has 1 unspecified atom stereocenters. The van der Waals surface area contributed by atoms with Crippen LogP contribution in [-0.2, 0) is 11.3 Å². The highest BCUT2D eigenvalue weighted by molar-refractivity contribution is 5.82. The van der Waals surface area contributed by atoms with Crippen molar-refractivity contribution in [2.45, 2.75) is 26.0 Å². The molecule has 0 saturated carbocycles. The monoisotopic (exact) mass is 315 g/mol. The highest BCUT2D eigenvalue weighted by Gasteiger charge is 2.26. The highest BCUT2D eigenvalue weighted by Crippen LogP contribution is 2.35. The zero-order valence-corrected chi connectivity index (χ0v) is 13.1. The van der Waals surface area contributed by atoms with Crippen LogP contribution < -0.4 is 20.7 Å². The molecule has 3 rings (SSSR count). The standard InChI is InChI=1S/C17H21N3O3/c1-2-13-10-20(15-6-5-12(18)8-16(15)23-13)11-17(21)19-9-14-4-3-7-22-14/h3-8,13H,2,9-11,18H2,1H3,(H,19,21). The van der Waals surface area contributed by atoms with E-state index in [1.807, 2.05) is 29.2 Å². The van der Waals surface area contributed by atoms with Crippen LogP contribution in [0.4, 0.5) is 11.4 Å². The van der Waals surface area contributed by atoms with Gasteiger partial charge in [-0.05, 0) is 30.7 Å². The summed E-state index contributed by atoms with van der Waals surface area (Å²) in [7, 11) is 0. The number of carbonyl (C=O) groups excluding carboxylic acids is 1. The number of furan rings is 1. The fraction of sp³-hybridized carbons (Fsp3) is 0.353. The number of carbonyl (C=O) groups is 1. The summed E-state index contributed by atoms with van der Waals surface area (Å²) in [5.74, 6) is 1.42. The van der Waals surface area contributed by atoms with Gasteiger partial charge in [-0.2, -0.15) is 0 Å². The molecule has 0 spiro atoms. The summed E-state index contributed by atoms with van der Waals surface area (Å²) in [6.07, 6.45) is 2.52. The predicted molar refractivity (Wildman–Crippen MR) is 88.3 cm³/mol. The summed E-state index contributed by atoms with van der Waals surface area (Å²) < 4.78 is 11.1. The van der Waals surface area contributed by atoms with Crippen molar-refractivity contribution in [2.24, 2.45) is 0 Å². The Kier molecular flexibility index (Phi) is 4.41. The summed E-state index contributed by atoms with van der Waals surface area (Å²) in [5, 5.41) is 2.87. The average Bonchev–Trinajstić information content (AvgIpc) is 3.05. The van der Waals surface area contributed by atoms with Gasteiger partial charge in [0.15, 0.2) is 0 Å². The molecule has 0 aliphatic carbocycles. The molecule has 1 amide bonds. The van der Waals surface area contributed by atoms with Crippen LogP contribution in [0, 0.1) is 0 Å². The number of anilines is 2. The van der Waals surface area contributed by atoms with Gasteiger partial charge in [-0.3, -0.25) is 4.79 Å². The van der Waals surface area contributed by atoms with Crippen molar-refractivity contribution in [3.8, 4) is 5.75 Å². The van der Waals surface area contributed by atoms with Gasteiger partial charge in [0.25, 0.3) is 0 Å². The maximum Gasteiger partial charge on any atom is 0.239 e. The zero-order chi connectivity index (χ0) is 16.2. The molecule has 1 aromatic carbocycles. The SMILES string of the molecule is CCC1CN(CC(=O)NCc2ccco2)c2ccc(N)cc2O1. The molecule has 0 radical (unpaired) electrons. The first-order chi connectivity index (χ1) is 11.2. The third-order valence-electron chi connectivity index (χ3n) is 3.87. The normalized spacial score (nSPS) is 16.6. The van der Waals surface area contributed by atoms with Gasteiger partial charge in [-0.1, -0.05) is 6.92 Å². The van der Waals surface area contributed by atoms with E-state index in [4.69, 9.17) is 14.9 Å². The minimum atomic E-state index is -0.0547. The number of nitrogens with zero attached hydrogens (tertiary/aromatic N) is 1. The molecule has 0 bridgehead atoms. The van der Waals surface area contributed by atoms with Crippen LogP contribution in [0.2, 0.25) is 0 Å². The van der Waals surface area contributed by atoms with Gasteiger partial charge in [-0.25, -0.2) is 0 Å². The molecule has 6 nitrogen and oxygen atoms in total. The van der Waals surface area contributed by atoms with Crippen LogP contribution in [0.3, 0.4) is 0 Å². The van der Waals surface area contributed by atoms with Crippen LogP contribution in [0.15, 0.2) is 41.0 Å². The van der Waals surface area contributed by atoms with Crippen molar-refractivity contribution < 1.29 is 13.9 Å². The summed E-state index contributed by atoms with van der Waals surface area (Å²) in [6, 6.07) is 9.17. The molecule has 0 saturated heterocycles. The van der Waals surface area contributed by atoms with E-state index >= 15 is 0 Å². The van der Waals surface area contributed by atoms with E-state index in [9.17, 15) is 4.79 Å². The molecule has 1 aromatic heterocycles. The molecule has 1 atom stereocenters. The molecule has 122 valence electrons. The Morgan fingerprint density at radius 1 is 1.43 bits per heavy atom. The van der Waals surface area contributed by atoms with Gasteiger partial charge >= 0.3 is 0 Å². The average molecular weight is 315 g/mol. The van der Waals surface area contributed by atoms with E-state index in [0.717, 1.165) is 23.6 Å². The lowest BCUT2D eigenvalue weighted by Crippen LogP contribution is -2.45. The van der Waals surface area contributed by atoms with Gasteiger partial charge in [-0.15, -0.1) is 0 Å². The number of nitrogens with one attached hydrogen (secondary N) is 1. The Balaban J connectivity index is 1.67. The Hall–Kier alpha value is -2.63. The largest absolute Gasteiger partial charge is 0.486 e. The molecule has 3 N–H and O–H groups in total. The molecular weight excluding hydrogens is 294 g/mol. The second-order valence-electron chi connectivity index (χ2n) is 5.61. The van der Waals surface area contributed by atoms with Crippen LogP contribution >= 0.6 is 0 Å². The second-order valence-corrected chi connectivity index (χ2v) is 5.61. The molecule has 0 fully saturated rings. The van der Waals surface area contributed by atoms with Crippen LogP contribution in [0.1, 0.15) is 19.1 Å². The van der Waals surface area contributed by atoms with Crippen LogP contribution in [-0.4, -0.2) is 25.1 Å². The van der Waals surface area contributed by atoms with Gasteiger partial charge < -0.3 is 25.1 Å². The first kappa shape index (κ1) is 15.3. The lowest BCUT2D eigenvalue weighted by atomic mass is 10.1. The van der Waals surface area contributed by atoms with Crippen LogP contribution in [0.5, 0.6) is 5.75 Å². The summed E-state index contributed by atoms with van der Waals surface area (Å²) >= 11 is 0. The number of hydrogen-bond donors (Lipinski definition) is 2. The Labute approximate surface area is 135 Å². The van der Waals surface area contributed by atoms with Crippen molar-refractivity contribution >= 4 is 17.3 Å². The van der Waals surface area contributed by atoms with E-state index in [-0.39, 0.29) is 18.6 Å². The first-order valence-corrected chi connectivity index (χ1v) is 7.76. The summed E-state index contributed by atoms with van der Waals surface area (Å²) in [6.45, 7) is 3.41. The van der Waals surface area contributed by atoms with Crippen molar-refractivity contribution in [2.75, 3.05) is 23.7 Å². The maximum absolute atomic E-state index is 12.2. The Morgan fingerprint density at radius 3 is 3.04 bits per heavy atom. The summed E-state index contributed by atoms with van der Waals surface area (Å²) in [4.78, 5) is 14.2. The molecule has 2 aromatic rings. The molecule has 1 aliphatic rings. The van der Waals surface area contributed by atoms with Crippen molar-refractivity contribution in [1.82, 2.24) is 5.32 Å². The fourth-order valence-corrected chi connectivity index (χ4v) is 2.64. The number of nitrogens with two attached hydrogens (primary N) is 1. The Morgan fingerprint density at radius 2 is 2.30 bits per heavy atom. The smallest absolute Gasteiger partial charge is 0.239 e. The minimum Gasteiger partial charge on any atom is -0.486 e. The third kappa shape index (κ3) is 3.59. The lowest BCUT2D eigenvalue weighted by molar-refractivity contribution is -0.120. The number of benzene rings is 1. The second kappa shape index (κ2) is 6.64. The van der Waals surface area contributed by atoms with E-state index in [1.54, 1.807) is 12.3 Å². The van der Waals surface area contributed by atoms with Crippen molar-refractivity contribution in [3.63, 3.8) is 0 Å². The van der Waals surface area contributed by atoms with Gasteiger partial charge in [0, 0.05) is 11.8 Å². The quantitative estimate of drug-likeness (QED) is 0.826. The van der Waals surface area contributed by atoms with Crippen molar-refractivity contribution in [3.05, 3.63) is 42.4 Å². The van der Waals surface area contributed by atoms with E-state index < -0.39 is 0 Å². The minimum absolute atomic E-state index is 0.0547. The maximum atomic E-state index is 12.2. The topological polar surface area (TPSA) is 80.7 Å². The molecule has 2 heterocycles. The third-order valence-corrected chi connectivity index (χ3v) is 3.87. The molecular formula is C17H21N3O3. The molecule has 6 heteroatoms. The number of fused-ring (bicyclic) bond motifs is 1. The molecule has 23 heavy (non-hydrogen) atoms. The number of ether oxygens (including phenoxy) is 1. The summed E-state index contributed by atoms with van der Waals surface area (Å²) in [5.41, 5.74) is 7.38. The predicted octanol–water partition coefficient (Wildman–Crippen LogP) is 2.16. The fourth-order valence-electron chi connectivity index (χ4n) is 2.64. The number of nitrogen functional groups attached to an aromatic ring is 1. The molecule has 1 aliphatic heterocycles. The van der Waals surface area contributed by atoms with E-state index in [1.165, 1.54) is 0 Å². The van der Waals surface area contributed by atoms with Gasteiger partial charge in [0.05, 0.1) is 31.6 Å². The lowest BCUT2D eigenvalue weighted by Gasteiger charge is -2.35. The number of rotatable bonds is 5.